The summed E-state index contributed by atoms with van der Waals surface area (Å²) in [4.78, 5) is 22.9. The van der Waals surface area contributed by atoms with Crippen molar-refractivity contribution in [1.29, 1.82) is 0 Å². The van der Waals surface area contributed by atoms with Crippen molar-refractivity contribution in [3.8, 4) is 0 Å². The highest BCUT2D eigenvalue weighted by Gasteiger charge is 2.36. The van der Waals surface area contributed by atoms with Crippen molar-refractivity contribution in [3.63, 3.8) is 0 Å². The molecule has 1 aliphatic rings. The molecule has 0 radical (unpaired) electrons. The van der Waals surface area contributed by atoms with Gasteiger partial charge in [0.05, 0.1) is 22.9 Å². The summed E-state index contributed by atoms with van der Waals surface area (Å²) in [5.41, 5.74) is 0.327. The minimum absolute atomic E-state index is 0.0874. The Labute approximate surface area is 146 Å². The molecule has 9 nitrogen and oxygen atoms in total. The molecule has 0 unspecified atom stereocenters. The Kier molecular flexibility index (Phi) is 5.49. The topological polar surface area (TPSA) is 127 Å². The van der Waals surface area contributed by atoms with Crippen LogP contribution in [0.5, 0.6) is 0 Å². The number of nitrogens with one attached hydrogen (secondary N) is 1. The van der Waals surface area contributed by atoms with Crippen LogP contribution >= 0.6 is 0 Å². The zero-order chi connectivity index (χ0) is 18.8. The third-order valence-corrected chi connectivity index (χ3v) is 6.73. The van der Waals surface area contributed by atoms with Crippen LogP contribution in [0.2, 0.25) is 0 Å². The van der Waals surface area contributed by atoms with Crippen LogP contribution < -0.4 is 9.03 Å². The van der Waals surface area contributed by atoms with Crippen molar-refractivity contribution in [2.24, 2.45) is 0 Å². The molecule has 1 aliphatic heterocycles. The Morgan fingerprint density at radius 3 is 2.56 bits per heavy atom. The molecule has 1 saturated heterocycles. The van der Waals surface area contributed by atoms with Gasteiger partial charge in [0.25, 0.3) is 0 Å². The first kappa shape index (κ1) is 19.3. The maximum atomic E-state index is 12.3. The zero-order valence-corrected chi connectivity index (χ0v) is 15.3. The van der Waals surface area contributed by atoms with Crippen molar-refractivity contribution in [1.82, 2.24) is 4.72 Å². The molecule has 1 aromatic rings. The molecule has 1 N–H and O–H groups in total. The number of ether oxygens (including phenoxy) is 1. The van der Waals surface area contributed by atoms with Crippen LogP contribution in [0.1, 0.15) is 18.9 Å². The first-order valence-electron chi connectivity index (χ1n) is 7.40. The lowest BCUT2D eigenvalue weighted by molar-refractivity contribution is -0.141. The van der Waals surface area contributed by atoms with Crippen LogP contribution in [0.4, 0.5) is 5.69 Å². The number of benzene rings is 1. The molecule has 1 aromatic carbocycles. The molecular formula is C14H18N2O7S2. The molecule has 2 rings (SSSR count). The molecule has 25 heavy (non-hydrogen) atoms. The summed E-state index contributed by atoms with van der Waals surface area (Å²) < 4.78 is 55.8. The maximum absolute atomic E-state index is 12.3. The largest absolute Gasteiger partial charge is 0.465 e. The van der Waals surface area contributed by atoms with Gasteiger partial charge in [-0.25, -0.2) is 21.1 Å². The van der Waals surface area contributed by atoms with E-state index in [1.54, 1.807) is 6.92 Å². The highest BCUT2D eigenvalue weighted by molar-refractivity contribution is 7.94. The van der Waals surface area contributed by atoms with Gasteiger partial charge in [-0.15, -0.1) is 0 Å². The number of amides is 1. The van der Waals surface area contributed by atoms with Gasteiger partial charge in [0.1, 0.15) is 6.54 Å². The second kappa shape index (κ2) is 7.10. The number of aryl methyl sites for hydroxylation is 1. The predicted octanol–water partition coefficient (Wildman–Crippen LogP) is -0.0971. The number of hydrogen-bond acceptors (Lipinski definition) is 7. The van der Waals surface area contributed by atoms with E-state index in [9.17, 15) is 26.4 Å². The number of hydrogen-bond donors (Lipinski definition) is 1. The van der Waals surface area contributed by atoms with E-state index >= 15 is 0 Å². The monoisotopic (exact) mass is 390 g/mol. The van der Waals surface area contributed by atoms with Crippen LogP contribution in [0.3, 0.4) is 0 Å². The predicted molar refractivity (Wildman–Crippen MR) is 88.9 cm³/mol. The molecule has 138 valence electrons. The van der Waals surface area contributed by atoms with Gasteiger partial charge >= 0.3 is 5.97 Å². The number of sulfonamides is 2. The van der Waals surface area contributed by atoms with Crippen molar-refractivity contribution in [2.75, 3.05) is 23.2 Å². The smallest absolute Gasteiger partial charge is 0.321 e. The normalized spacial score (nSPS) is 16.9. The lowest BCUT2D eigenvalue weighted by Gasteiger charge is -2.17. The van der Waals surface area contributed by atoms with Crippen molar-refractivity contribution < 1.29 is 31.2 Å². The fourth-order valence-corrected chi connectivity index (χ4v) is 5.02. The lowest BCUT2D eigenvalue weighted by atomic mass is 10.2. The molecule has 0 aliphatic carbocycles. The minimum atomic E-state index is -3.99. The number of carbonyl (C=O) groups excluding carboxylic acids is 2. The SMILES string of the molecule is CCOC(=O)CNS(=O)(=O)c1ccc(N2C(=O)CCS2(=O)=O)cc1C. The third-order valence-electron chi connectivity index (χ3n) is 3.47. The first-order valence-corrected chi connectivity index (χ1v) is 10.5. The third kappa shape index (κ3) is 4.17. The van der Waals surface area contributed by atoms with Crippen LogP contribution in [-0.4, -0.2) is 47.6 Å². The Morgan fingerprint density at radius 1 is 1.36 bits per heavy atom. The van der Waals surface area contributed by atoms with Crippen LogP contribution in [-0.2, 0) is 34.4 Å². The summed E-state index contributed by atoms with van der Waals surface area (Å²) in [6.45, 7) is 2.68. The van der Waals surface area contributed by atoms with E-state index in [1.807, 2.05) is 0 Å². The van der Waals surface area contributed by atoms with E-state index < -0.39 is 38.5 Å². The quantitative estimate of drug-likeness (QED) is 0.672. The fraction of sp³-hybridized carbons (Fsp3) is 0.429. The summed E-state index contributed by atoms with van der Waals surface area (Å²) >= 11 is 0. The number of carbonyl (C=O) groups is 2. The average Bonchev–Trinajstić information content (AvgIpc) is 2.78. The Bertz CT molecular complexity index is 907. The van der Waals surface area contributed by atoms with E-state index in [2.05, 4.69) is 9.46 Å². The standard InChI is InChI=1S/C14H18N2O7S2/c1-3-23-14(18)9-15-25(21,22)12-5-4-11(8-10(12)2)16-13(17)6-7-24(16,19)20/h4-5,8,15H,3,6-7,9H2,1-2H3. The molecule has 1 fully saturated rings. The summed E-state index contributed by atoms with van der Waals surface area (Å²) in [6.07, 6.45) is -0.109. The van der Waals surface area contributed by atoms with Crippen molar-refractivity contribution >= 4 is 37.6 Å². The molecule has 1 heterocycles. The Hall–Kier alpha value is -1.98. The van der Waals surface area contributed by atoms with Gasteiger partial charge in [-0.3, -0.25) is 9.59 Å². The lowest BCUT2D eigenvalue weighted by Crippen LogP contribution is -2.32. The fourth-order valence-electron chi connectivity index (χ4n) is 2.37. The van der Waals surface area contributed by atoms with Gasteiger partial charge < -0.3 is 4.74 Å². The molecule has 1 amide bonds. The molecule has 0 saturated carbocycles. The van der Waals surface area contributed by atoms with Gasteiger partial charge in [0.15, 0.2) is 0 Å². The van der Waals surface area contributed by atoms with Crippen molar-refractivity contribution in [3.05, 3.63) is 23.8 Å². The van der Waals surface area contributed by atoms with Gasteiger partial charge in [0, 0.05) is 6.42 Å². The second-order valence-corrected chi connectivity index (χ2v) is 8.98. The van der Waals surface area contributed by atoms with Gasteiger partial charge in [-0.1, -0.05) is 0 Å². The van der Waals surface area contributed by atoms with Gasteiger partial charge in [0.2, 0.25) is 26.0 Å². The Morgan fingerprint density at radius 2 is 2.04 bits per heavy atom. The van der Waals surface area contributed by atoms with Crippen LogP contribution in [0, 0.1) is 6.92 Å². The highest BCUT2D eigenvalue weighted by atomic mass is 32.2. The average molecular weight is 390 g/mol. The molecular weight excluding hydrogens is 372 g/mol. The maximum Gasteiger partial charge on any atom is 0.321 e. The summed E-state index contributed by atoms with van der Waals surface area (Å²) in [7, 11) is -7.72. The van der Waals surface area contributed by atoms with E-state index in [0.717, 1.165) is 0 Å². The summed E-state index contributed by atoms with van der Waals surface area (Å²) in [5.74, 6) is -1.55. The summed E-state index contributed by atoms with van der Waals surface area (Å²) in [5, 5.41) is 0. The number of anilines is 1. The number of esters is 1. The number of nitrogens with zero attached hydrogens (tertiary/aromatic N) is 1. The molecule has 0 bridgehead atoms. The summed E-state index contributed by atoms with van der Waals surface area (Å²) in [6, 6.07) is 3.74. The highest BCUT2D eigenvalue weighted by Crippen LogP contribution is 2.28. The molecule has 0 atom stereocenters. The van der Waals surface area contributed by atoms with Gasteiger partial charge in [-0.05, 0) is 37.6 Å². The van der Waals surface area contributed by atoms with E-state index in [0.29, 0.717) is 4.31 Å². The van der Waals surface area contributed by atoms with Crippen molar-refractivity contribution in [2.45, 2.75) is 25.2 Å². The molecule has 0 aromatic heterocycles. The van der Waals surface area contributed by atoms with E-state index in [-0.39, 0.29) is 34.9 Å². The van der Waals surface area contributed by atoms with Gasteiger partial charge in [-0.2, -0.15) is 4.72 Å². The number of rotatable bonds is 6. The van der Waals surface area contributed by atoms with E-state index in [1.165, 1.54) is 25.1 Å². The minimum Gasteiger partial charge on any atom is -0.465 e. The zero-order valence-electron chi connectivity index (χ0n) is 13.7. The first-order chi connectivity index (χ1) is 11.6. The van der Waals surface area contributed by atoms with Crippen LogP contribution in [0.25, 0.3) is 0 Å². The van der Waals surface area contributed by atoms with E-state index in [4.69, 9.17) is 0 Å². The molecule has 11 heteroatoms. The second-order valence-electron chi connectivity index (χ2n) is 5.30. The van der Waals surface area contributed by atoms with Crippen LogP contribution in [0.15, 0.2) is 23.1 Å². The Balaban J connectivity index is 2.27. The molecule has 0 spiro atoms.